The summed E-state index contributed by atoms with van der Waals surface area (Å²) in [6.07, 6.45) is 0. The van der Waals surface area contributed by atoms with Crippen molar-refractivity contribution in [2.45, 2.75) is 0 Å². The number of nitrogens with one attached hydrogen (secondary N) is 1. The van der Waals surface area contributed by atoms with Crippen LogP contribution in [0.15, 0.2) is 48.5 Å². The molecule has 2 amide bonds. The molecule has 0 radical (unpaired) electrons. The van der Waals surface area contributed by atoms with E-state index in [0.29, 0.717) is 17.8 Å². The number of hydrogen-bond donors (Lipinski definition) is 2. The molecule has 3 rings (SSSR count). The number of amides is 2. The van der Waals surface area contributed by atoms with Crippen LogP contribution < -0.4 is 16.0 Å². The van der Waals surface area contributed by atoms with Gasteiger partial charge in [0.15, 0.2) is 0 Å². The Morgan fingerprint density at radius 3 is 2.15 bits per heavy atom. The first-order valence-corrected chi connectivity index (χ1v) is 8.44. The smallest absolute Gasteiger partial charge is 0.248 e. The molecule has 2 aromatic rings. The molecule has 0 spiro atoms. The van der Waals surface area contributed by atoms with Crippen LogP contribution in [0.25, 0.3) is 0 Å². The first-order valence-electron chi connectivity index (χ1n) is 8.44. The Labute approximate surface area is 151 Å². The second-order valence-electron chi connectivity index (χ2n) is 6.23. The van der Waals surface area contributed by atoms with E-state index in [1.165, 1.54) is 12.1 Å². The number of piperazine rings is 1. The van der Waals surface area contributed by atoms with Crippen LogP contribution in [0.5, 0.6) is 0 Å². The summed E-state index contributed by atoms with van der Waals surface area (Å²) < 4.78 is 13.0. The maximum atomic E-state index is 13.0. The third-order valence-electron chi connectivity index (χ3n) is 4.38. The fourth-order valence-corrected chi connectivity index (χ4v) is 2.94. The molecule has 0 bridgehead atoms. The lowest BCUT2D eigenvalue weighted by Gasteiger charge is -2.35. The molecule has 3 N–H and O–H groups in total. The van der Waals surface area contributed by atoms with Crippen LogP contribution in [0.1, 0.15) is 10.4 Å². The second kappa shape index (κ2) is 7.97. The predicted molar refractivity (Wildman–Crippen MR) is 98.6 cm³/mol. The number of nitrogens with two attached hydrogens (primary N) is 1. The van der Waals surface area contributed by atoms with E-state index in [1.54, 1.807) is 36.4 Å². The van der Waals surface area contributed by atoms with Crippen molar-refractivity contribution < 1.29 is 14.0 Å². The molecular formula is C19H21FN4O2. The lowest BCUT2D eigenvalue weighted by atomic mass is 10.2. The standard InChI is InChI=1S/C19H21FN4O2/c20-15-3-7-17(8-4-15)24-11-9-23(10-12-24)13-18(25)22-16-5-1-14(2-6-16)19(21)26/h1-8H,9-13H2,(H2,21,26)(H,22,25). The topological polar surface area (TPSA) is 78.7 Å². The minimum atomic E-state index is -0.498. The van der Waals surface area contributed by atoms with E-state index in [0.717, 1.165) is 31.9 Å². The Hall–Kier alpha value is -2.93. The molecule has 1 aliphatic heterocycles. The third kappa shape index (κ3) is 4.58. The molecular weight excluding hydrogens is 335 g/mol. The number of anilines is 2. The van der Waals surface area contributed by atoms with Gasteiger partial charge in [-0.15, -0.1) is 0 Å². The molecule has 1 fully saturated rings. The quantitative estimate of drug-likeness (QED) is 0.854. The minimum Gasteiger partial charge on any atom is -0.369 e. The Morgan fingerprint density at radius 1 is 0.962 bits per heavy atom. The molecule has 0 aromatic heterocycles. The average Bonchev–Trinajstić information content (AvgIpc) is 2.63. The van der Waals surface area contributed by atoms with Crippen molar-refractivity contribution in [1.29, 1.82) is 0 Å². The van der Waals surface area contributed by atoms with E-state index in [4.69, 9.17) is 5.73 Å². The lowest BCUT2D eigenvalue weighted by Crippen LogP contribution is -2.48. The van der Waals surface area contributed by atoms with Crippen LogP contribution >= 0.6 is 0 Å². The number of rotatable bonds is 5. The van der Waals surface area contributed by atoms with Crippen LogP contribution in [0.4, 0.5) is 15.8 Å². The number of benzene rings is 2. The second-order valence-corrected chi connectivity index (χ2v) is 6.23. The van der Waals surface area contributed by atoms with Gasteiger partial charge in [0.25, 0.3) is 0 Å². The summed E-state index contributed by atoms with van der Waals surface area (Å²) in [6.45, 7) is 3.38. The molecule has 0 saturated carbocycles. The molecule has 6 nitrogen and oxygen atoms in total. The molecule has 1 saturated heterocycles. The van der Waals surface area contributed by atoms with Crippen molar-refractivity contribution in [1.82, 2.24) is 4.90 Å². The highest BCUT2D eigenvalue weighted by molar-refractivity contribution is 5.95. The number of nitrogens with zero attached hydrogens (tertiary/aromatic N) is 2. The minimum absolute atomic E-state index is 0.105. The van der Waals surface area contributed by atoms with E-state index in [-0.39, 0.29) is 11.7 Å². The summed E-state index contributed by atoms with van der Waals surface area (Å²) in [5.74, 6) is -0.845. The highest BCUT2D eigenvalue weighted by Crippen LogP contribution is 2.17. The molecule has 1 heterocycles. The van der Waals surface area contributed by atoms with Gasteiger partial charge >= 0.3 is 0 Å². The zero-order chi connectivity index (χ0) is 18.5. The van der Waals surface area contributed by atoms with Crippen LogP contribution in [0, 0.1) is 5.82 Å². The maximum Gasteiger partial charge on any atom is 0.248 e. The molecule has 26 heavy (non-hydrogen) atoms. The van der Waals surface area contributed by atoms with Crippen LogP contribution in [-0.2, 0) is 4.79 Å². The van der Waals surface area contributed by atoms with Gasteiger partial charge in [0.05, 0.1) is 6.54 Å². The van der Waals surface area contributed by atoms with Gasteiger partial charge in [-0.2, -0.15) is 0 Å². The summed E-state index contributed by atoms with van der Waals surface area (Å²) in [5.41, 5.74) is 7.22. The number of primary amides is 1. The van der Waals surface area contributed by atoms with Gasteiger partial charge in [0.1, 0.15) is 5.82 Å². The maximum absolute atomic E-state index is 13.0. The van der Waals surface area contributed by atoms with Crippen molar-refractivity contribution in [2.75, 3.05) is 42.9 Å². The number of carbonyl (C=O) groups excluding carboxylic acids is 2. The highest BCUT2D eigenvalue weighted by atomic mass is 19.1. The third-order valence-corrected chi connectivity index (χ3v) is 4.38. The number of hydrogen-bond acceptors (Lipinski definition) is 4. The van der Waals surface area contributed by atoms with Gasteiger partial charge in [-0.1, -0.05) is 0 Å². The molecule has 136 valence electrons. The normalized spacial score (nSPS) is 14.9. The van der Waals surface area contributed by atoms with Gasteiger partial charge in [0.2, 0.25) is 11.8 Å². The summed E-state index contributed by atoms with van der Waals surface area (Å²) >= 11 is 0. The van der Waals surface area contributed by atoms with E-state index >= 15 is 0 Å². The summed E-state index contributed by atoms with van der Waals surface area (Å²) in [4.78, 5) is 27.5. The van der Waals surface area contributed by atoms with Crippen LogP contribution in [-0.4, -0.2) is 49.4 Å². The monoisotopic (exact) mass is 356 g/mol. The zero-order valence-electron chi connectivity index (χ0n) is 14.3. The first-order chi connectivity index (χ1) is 12.5. The summed E-state index contributed by atoms with van der Waals surface area (Å²) in [7, 11) is 0. The van der Waals surface area contributed by atoms with E-state index < -0.39 is 5.91 Å². The van der Waals surface area contributed by atoms with Gasteiger partial charge in [-0.25, -0.2) is 4.39 Å². The summed E-state index contributed by atoms with van der Waals surface area (Å²) in [6, 6.07) is 12.9. The van der Waals surface area contributed by atoms with Crippen molar-refractivity contribution in [3.8, 4) is 0 Å². The molecule has 7 heteroatoms. The Kier molecular flexibility index (Phi) is 5.48. The fourth-order valence-electron chi connectivity index (χ4n) is 2.94. The van der Waals surface area contributed by atoms with Gasteiger partial charge in [0, 0.05) is 43.1 Å². The van der Waals surface area contributed by atoms with E-state index in [9.17, 15) is 14.0 Å². The van der Waals surface area contributed by atoms with Crippen molar-refractivity contribution in [3.05, 3.63) is 59.9 Å². The largest absolute Gasteiger partial charge is 0.369 e. The van der Waals surface area contributed by atoms with Gasteiger partial charge in [-0.05, 0) is 48.5 Å². The highest BCUT2D eigenvalue weighted by Gasteiger charge is 2.19. The van der Waals surface area contributed by atoms with Crippen molar-refractivity contribution >= 4 is 23.2 Å². The average molecular weight is 356 g/mol. The first kappa shape index (κ1) is 17.9. The Balaban J connectivity index is 1.47. The van der Waals surface area contributed by atoms with Gasteiger partial charge < -0.3 is 16.0 Å². The van der Waals surface area contributed by atoms with Gasteiger partial charge in [-0.3, -0.25) is 14.5 Å². The van der Waals surface area contributed by atoms with E-state index in [2.05, 4.69) is 15.1 Å². The van der Waals surface area contributed by atoms with Crippen molar-refractivity contribution in [3.63, 3.8) is 0 Å². The summed E-state index contributed by atoms with van der Waals surface area (Å²) in [5, 5.41) is 2.82. The molecule has 1 aliphatic rings. The Morgan fingerprint density at radius 2 is 1.58 bits per heavy atom. The van der Waals surface area contributed by atoms with Crippen LogP contribution in [0.2, 0.25) is 0 Å². The predicted octanol–water partition coefficient (Wildman–Crippen LogP) is 1.69. The lowest BCUT2D eigenvalue weighted by molar-refractivity contribution is -0.117. The molecule has 2 aromatic carbocycles. The Bertz CT molecular complexity index is 769. The number of halogens is 1. The number of carbonyl (C=O) groups is 2. The molecule has 0 atom stereocenters. The molecule has 0 aliphatic carbocycles. The molecule has 0 unspecified atom stereocenters. The van der Waals surface area contributed by atoms with Crippen LogP contribution in [0.3, 0.4) is 0 Å². The zero-order valence-corrected chi connectivity index (χ0v) is 14.3. The fraction of sp³-hybridized carbons (Fsp3) is 0.263. The van der Waals surface area contributed by atoms with E-state index in [1.807, 2.05) is 0 Å². The SMILES string of the molecule is NC(=O)c1ccc(NC(=O)CN2CCN(c3ccc(F)cc3)CC2)cc1. The van der Waals surface area contributed by atoms with Crippen molar-refractivity contribution in [2.24, 2.45) is 5.73 Å².